The van der Waals surface area contributed by atoms with Gasteiger partial charge in [-0.2, -0.15) is 0 Å². The molecule has 2 amide bonds. The van der Waals surface area contributed by atoms with Gasteiger partial charge in [-0.1, -0.05) is 6.07 Å². The van der Waals surface area contributed by atoms with Crippen LogP contribution < -0.4 is 5.32 Å². The van der Waals surface area contributed by atoms with Crippen LogP contribution in [-0.4, -0.2) is 59.8 Å². The maximum absolute atomic E-state index is 12.5. The van der Waals surface area contributed by atoms with E-state index < -0.39 is 0 Å². The maximum Gasteiger partial charge on any atom is 0.253 e. The second-order valence-electron chi connectivity index (χ2n) is 6.94. The second-order valence-corrected chi connectivity index (χ2v) is 6.94. The van der Waals surface area contributed by atoms with E-state index in [2.05, 4.69) is 22.2 Å². The molecular weight excluding hydrogens is 340 g/mol. The van der Waals surface area contributed by atoms with E-state index in [0.717, 1.165) is 50.3 Å². The molecule has 0 radical (unpaired) electrons. The SMILES string of the molecule is CN1CCN(C(=O)c2ccc(NC(=O)CCCc3cccnc3)cc2)CC1. The van der Waals surface area contributed by atoms with Crippen LogP contribution in [0.4, 0.5) is 5.69 Å². The Labute approximate surface area is 160 Å². The molecule has 2 aromatic rings. The van der Waals surface area contributed by atoms with Crippen molar-refractivity contribution in [3.05, 3.63) is 59.9 Å². The fourth-order valence-corrected chi connectivity index (χ4v) is 3.11. The molecule has 6 nitrogen and oxygen atoms in total. The van der Waals surface area contributed by atoms with Crippen LogP contribution in [0.3, 0.4) is 0 Å². The molecule has 1 saturated heterocycles. The Kier molecular flexibility index (Phi) is 6.54. The molecule has 1 fully saturated rings. The molecule has 142 valence electrons. The number of nitrogens with one attached hydrogen (secondary N) is 1. The first-order chi connectivity index (χ1) is 13.1. The highest BCUT2D eigenvalue weighted by atomic mass is 16.2. The third-order valence-electron chi connectivity index (χ3n) is 4.80. The van der Waals surface area contributed by atoms with Crippen molar-refractivity contribution in [2.75, 3.05) is 38.5 Å². The molecular formula is C21H26N4O2. The van der Waals surface area contributed by atoms with Crippen LogP contribution in [0.5, 0.6) is 0 Å². The zero-order chi connectivity index (χ0) is 19.1. The van der Waals surface area contributed by atoms with E-state index in [-0.39, 0.29) is 11.8 Å². The molecule has 0 spiro atoms. The van der Waals surface area contributed by atoms with Crippen LogP contribution in [0.15, 0.2) is 48.8 Å². The summed E-state index contributed by atoms with van der Waals surface area (Å²) in [4.78, 5) is 32.8. The van der Waals surface area contributed by atoms with Gasteiger partial charge < -0.3 is 15.1 Å². The standard InChI is InChI=1S/C21H26N4O2/c1-24-12-14-25(15-13-24)21(27)18-7-9-19(10-8-18)23-20(26)6-2-4-17-5-3-11-22-16-17/h3,5,7-11,16H,2,4,6,12-15H2,1H3,(H,23,26). The number of rotatable bonds is 6. The Morgan fingerprint density at radius 2 is 1.81 bits per heavy atom. The van der Waals surface area contributed by atoms with Gasteiger partial charge in [0.1, 0.15) is 0 Å². The number of anilines is 1. The lowest BCUT2D eigenvalue weighted by atomic mass is 10.1. The monoisotopic (exact) mass is 366 g/mol. The number of aryl methyl sites for hydroxylation is 1. The first-order valence-electron chi connectivity index (χ1n) is 9.38. The van der Waals surface area contributed by atoms with Crippen LogP contribution in [0, 0.1) is 0 Å². The largest absolute Gasteiger partial charge is 0.336 e. The molecule has 0 atom stereocenters. The molecule has 1 aliphatic rings. The van der Waals surface area contributed by atoms with E-state index in [9.17, 15) is 9.59 Å². The number of piperazine rings is 1. The summed E-state index contributed by atoms with van der Waals surface area (Å²) in [5.41, 5.74) is 2.52. The van der Waals surface area contributed by atoms with E-state index in [0.29, 0.717) is 12.0 Å². The Bertz CT molecular complexity index is 754. The van der Waals surface area contributed by atoms with Crippen molar-refractivity contribution in [2.24, 2.45) is 0 Å². The Morgan fingerprint density at radius 1 is 1.07 bits per heavy atom. The summed E-state index contributed by atoms with van der Waals surface area (Å²) in [7, 11) is 2.07. The molecule has 2 heterocycles. The van der Waals surface area contributed by atoms with Gasteiger partial charge in [-0.3, -0.25) is 14.6 Å². The highest BCUT2D eigenvalue weighted by Crippen LogP contribution is 2.14. The minimum absolute atomic E-state index is 0.0166. The smallest absolute Gasteiger partial charge is 0.253 e. The lowest BCUT2D eigenvalue weighted by Crippen LogP contribution is -2.47. The van der Waals surface area contributed by atoms with Gasteiger partial charge in [-0.25, -0.2) is 0 Å². The average Bonchev–Trinajstić information content (AvgIpc) is 2.69. The van der Waals surface area contributed by atoms with Gasteiger partial charge in [-0.15, -0.1) is 0 Å². The van der Waals surface area contributed by atoms with E-state index >= 15 is 0 Å². The van der Waals surface area contributed by atoms with Gasteiger partial charge in [-0.05, 0) is 55.8 Å². The Morgan fingerprint density at radius 3 is 2.48 bits per heavy atom. The molecule has 27 heavy (non-hydrogen) atoms. The first kappa shape index (κ1) is 19.0. The summed E-state index contributed by atoms with van der Waals surface area (Å²) in [6.07, 6.45) is 5.64. The van der Waals surface area contributed by atoms with Crippen LogP contribution >= 0.6 is 0 Å². The minimum Gasteiger partial charge on any atom is -0.336 e. The molecule has 0 saturated carbocycles. The first-order valence-corrected chi connectivity index (χ1v) is 9.38. The number of aromatic nitrogens is 1. The average molecular weight is 366 g/mol. The number of likely N-dealkylation sites (N-methyl/N-ethyl adjacent to an activating group) is 1. The minimum atomic E-state index is -0.0166. The molecule has 1 aromatic carbocycles. The topological polar surface area (TPSA) is 65.5 Å². The fraction of sp³-hybridized carbons (Fsp3) is 0.381. The van der Waals surface area contributed by atoms with Gasteiger partial charge in [0, 0.05) is 56.2 Å². The molecule has 3 rings (SSSR count). The second kappa shape index (κ2) is 9.28. The number of pyridine rings is 1. The highest BCUT2D eigenvalue weighted by Gasteiger charge is 2.20. The van der Waals surface area contributed by atoms with E-state index in [1.165, 1.54) is 0 Å². The quantitative estimate of drug-likeness (QED) is 0.853. The lowest BCUT2D eigenvalue weighted by Gasteiger charge is -2.32. The predicted octanol–water partition coefficient (Wildman–Crippen LogP) is 2.43. The fourth-order valence-electron chi connectivity index (χ4n) is 3.11. The Hall–Kier alpha value is -2.73. The van der Waals surface area contributed by atoms with Crippen molar-refractivity contribution < 1.29 is 9.59 Å². The molecule has 6 heteroatoms. The third kappa shape index (κ3) is 5.62. The molecule has 1 aliphatic heterocycles. The number of hydrogen-bond donors (Lipinski definition) is 1. The van der Waals surface area contributed by atoms with Crippen molar-refractivity contribution in [1.82, 2.24) is 14.8 Å². The zero-order valence-electron chi connectivity index (χ0n) is 15.7. The number of carbonyl (C=O) groups is 2. The van der Waals surface area contributed by atoms with Crippen molar-refractivity contribution >= 4 is 17.5 Å². The van der Waals surface area contributed by atoms with Gasteiger partial charge in [0.25, 0.3) is 5.91 Å². The zero-order valence-corrected chi connectivity index (χ0v) is 15.7. The summed E-state index contributed by atoms with van der Waals surface area (Å²) in [5, 5.41) is 2.89. The summed E-state index contributed by atoms with van der Waals surface area (Å²) in [6.45, 7) is 3.31. The number of amides is 2. The molecule has 1 N–H and O–H groups in total. The number of benzene rings is 1. The highest BCUT2D eigenvalue weighted by molar-refractivity contribution is 5.95. The van der Waals surface area contributed by atoms with E-state index in [1.807, 2.05) is 23.2 Å². The van der Waals surface area contributed by atoms with E-state index in [1.54, 1.807) is 30.5 Å². The number of nitrogens with zero attached hydrogens (tertiary/aromatic N) is 3. The van der Waals surface area contributed by atoms with Crippen LogP contribution in [0.2, 0.25) is 0 Å². The third-order valence-corrected chi connectivity index (χ3v) is 4.80. The van der Waals surface area contributed by atoms with Crippen molar-refractivity contribution in [3.8, 4) is 0 Å². The Balaban J connectivity index is 1.45. The summed E-state index contributed by atoms with van der Waals surface area (Å²) >= 11 is 0. The van der Waals surface area contributed by atoms with Gasteiger partial charge in [0.2, 0.25) is 5.91 Å². The molecule has 0 unspecified atom stereocenters. The number of carbonyl (C=O) groups excluding carboxylic acids is 2. The van der Waals surface area contributed by atoms with Crippen LogP contribution in [-0.2, 0) is 11.2 Å². The van der Waals surface area contributed by atoms with Crippen LogP contribution in [0.25, 0.3) is 0 Å². The van der Waals surface area contributed by atoms with Crippen LogP contribution in [0.1, 0.15) is 28.8 Å². The van der Waals surface area contributed by atoms with Gasteiger partial charge in [0.15, 0.2) is 0 Å². The van der Waals surface area contributed by atoms with Gasteiger partial charge >= 0.3 is 0 Å². The molecule has 0 aliphatic carbocycles. The van der Waals surface area contributed by atoms with E-state index in [4.69, 9.17) is 0 Å². The lowest BCUT2D eigenvalue weighted by molar-refractivity contribution is -0.116. The molecule has 0 bridgehead atoms. The maximum atomic E-state index is 12.5. The van der Waals surface area contributed by atoms with Crippen molar-refractivity contribution in [3.63, 3.8) is 0 Å². The van der Waals surface area contributed by atoms with Crippen molar-refractivity contribution in [1.29, 1.82) is 0 Å². The van der Waals surface area contributed by atoms with Crippen molar-refractivity contribution in [2.45, 2.75) is 19.3 Å². The normalized spacial score (nSPS) is 14.8. The number of hydrogen-bond acceptors (Lipinski definition) is 4. The molecule has 1 aromatic heterocycles. The summed E-state index contributed by atoms with van der Waals surface area (Å²) in [6, 6.07) is 11.1. The van der Waals surface area contributed by atoms with Gasteiger partial charge in [0.05, 0.1) is 0 Å². The predicted molar refractivity (Wildman–Crippen MR) is 106 cm³/mol. The summed E-state index contributed by atoms with van der Waals surface area (Å²) in [5.74, 6) is 0.0366. The summed E-state index contributed by atoms with van der Waals surface area (Å²) < 4.78 is 0.